The van der Waals surface area contributed by atoms with E-state index < -0.39 is 5.97 Å². The van der Waals surface area contributed by atoms with Crippen molar-refractivity contribution in [2.24, 2.45) is 16.1 Å². The van der Waals surface area contributed by atoms with Crippen molar-refractivity contribution in [1.82, 2.24) is 0 Å². The summed E-state index contributed by atoms with van der Waals surface area (Å²) in [6, 6.07) is 21.4. The zero-order chi connectivity index (χ0) is 24.9. The zero-order valence-corrected chi connectivity index (χ0v) is 20.8. The molecule has 0 unspecified atom stereocenters. The van der Waals surface area contributed by atoms with E-state index in [9.17, 15) is 4.79 Å². The van der Waals surface area contributed by atoms with Gasteiger partial charge in [-0.2, -0.15) is 10.2 Å². The van der Waals surface area contributed by atoms with Crippen molar-refractivity contribution in [3.05, 3.63) is 78.4 Å². The molecule has 6 nitrogen and oxygen atoms in total. The number of esters is 1. The van der Waals surface area contributed by atoms with Crippen LogP contribution in [0.4, 0.5) is 11.4 Å². The van der Waals surface area contributed by atoms with Crippen molar-refractivity contribution in [2.45, 2.75) is 46.5 Å². The third-order valence-corrected chi connectivity index (χ3v) is 5.10. The maximum Gasteiger partial charge on any atom is 0.343 e. The molecule has 0 bridgehead atoms. The molecule has 184 valence electrons. The summed E-state index contributed by atoms with van der Waals surface area (Å²) < 4.78 is 16.9. The van der Waals surface area contributed by atoms with Crippen LogP contribution in [0.3, 0.4) is 0 Å². The SMILES string of the molecule is CCCCCCOc1ccc(C(=O)Oc2ccc(N=Nc3ccc(OCC(C)C)cc3)cc2)cc1. The third kappa shape index (κ3) is 9.24. The summed E-state index contributed by atoms with van der Waals surface area (Å²) in [6.07, 6.45) is 4.63. The average Bonchev–Trinajstić information content (AvgIpc) is 2.88. The highest BCUT2D eigenvalue weighted by atomic mass is 16.5. The molecule has 0 fully saturated rings. The van der Waals surface area contributed by atoms with Crippen LogP contribution in [0.5, 0.6) is 17.2 Å². The van der Waals surface area contributed by atoms with Gasteiger partial charge in [-0.3, -0.25) is 0 Å². The number of carbonyl (C=O) groups is 1. The van der Waals surface area contributed by atoms with Crippen LogP contribution in [0, 0.1) is 5.92 Å². The molecular weight excluding hydrogens is 440 g/mol. The maximum atomic E-state index is 12.4. The quantitative estimate of drug-likeness (QED) is 0.108. The number of azo groups is 1. The number of benzene rings is 3. The molecule has 0 saturated heterocycles. The number of ether oxygens (including phenoxy) is 3. The van der Waals surface area contributed by atoms with E-state index in [1.54, 1.807) is 48.5 Å². The molecule has 35 heavy (non-hydrogen) atoms. The van der Waals surface area contributed by atoms with Crippen molar-refractivity contribution in [3.8, 4) is 17.2 Å². The minimum atomic E-state index is -0.423. The Morgan fingerprint density at radius 2 is 1.26 bits per heavy atom. The van der Waals surface area contributed by atoms with Crippen molar-refractivity contribution >= 4 is 17.3 Å². The molecule has 0 aliphatic carbocycles. The lowest BCUT2D eigenvalue weighted by Gasteiger charge is -2.08. The van der Waals surface area contributed by atoms with E-state index in [2.05, 4.69) is 31.0 Å². The normalized spacial score (nSPS) is 11.1. The van der Waals surface area contributed by atoms with E-state index in [1.165, 1.54) is 19.3 Å². The topological polar surface area (TPSA) is 69.5 Å². The standard InChI is InChI=1S/C29H34N2O4/c1-4-5-6-7-20-33-26-14-8-23(9-15-26)29(32)35-28-18-12-25(13-19-28)31-30-24-10-16-27(17-11-24)34-21-22(2)3/h8-19,22H,4-7,20-21H2,1-3H3. The molecule has 0 amide bonds. The van der Waals surface area contributed by atoms with Crippen molar-refractivity contribution in [1.29, 1.82) is 0 Å². The summed E-state index contributed by atoms with van der Waals surface area (Å²) in [7, 11) is 0. The Morgan fingerprint density at radius 1 is 0.714 bits per heavy atom. The molecule has 0 spiro atoms. The minimum absolute atomic E-state index is 0.423. The molecule has 3 aromatic carbocycles. The smallest absolute Gasteiger partial charge is 0.343 e. The highest BCUT2D eigenvalue weighted by Crippen LogP contribution is 2.24. The summed E-state index contributed by atoms with van der Waals surface area (Å²) in [5.74, 6) is 2.06. The molecule has 0 radical (unpaired) electrons. The van der Waals surface area contributed by atoms with Gasteiger partial charge in [-0.05, 0) is 85.1 Å². The van der Waals surface area contributed by atoms with Gasteiger partial charge in [0.15, 0.2) is 0 Å². The predicted octanol–water partition coefficient (Wildman–Crippen LogP) is 8.32. The molecule has 0 N–H and O–H groups in total. The fourth-order valence-electron chi connectivity index (χ4n) is 3.14. The molecule has 3 aromatic rings. The van der Waals surface area contributed by atoms with Gasteiger partial charge in [-0.1, -0.05) is 40.0 Å². The lowest BCUT2D eigenvalue weighted by Crippen LogP contribution is -2.08. The van der Waals surface area contributed by atoms with Gasteiger partial charge in [-0.15, -0.1) is 0 Å². The first-order valence-electron chi connectivity index (χ1n) is 12.2. The summed E-state index contributed by atoms with van der Waals surface area (Å²) in [4.78, 5) is 12.4. The molecule has 0 aliphatic heterocycles. The highest BCUT2D eigenvalue weighted by Gasteiger charge is 2.09. The monoisotopic (exact) mass is 474 g/mol. The summed E-state index contributed by atoms with van der Waals surface area (Å²) >= 11 is 0. The Kier molecular flexibility index (Phi) is 10.3. The Hall–Kier alpha value is -3.67. The van der Waals surface area contributed by atoms with Crippen LogP contribution in [-0.2, 0) is 0 Å². The van der Waals surface area contributed by atoms with E-state index in [0.29, 0.717) is 36.1 Å². The molecule has 0 atom stereocenters. The molecule has 0 aromatic heterocycles. The van der Waals surface area contributed by atoms with Crippen molar-refractivity contribution in [2.75, 3.05) is 13.2 Å². The van der Waals surface area contributed by atoms with E-state index in [4.69, 9.17) is 14.2 Å². The largest absolute Gasteiger partial charge is 0.494 e. The Morgan fingerprint density at radius 3 is 1.83 bits per heavy atom. The predicted molar refractivity (Wildman–Crippen MR) is 138 cm³/mol. The van der Waals surface area contributed by atoms with Crippen LogP contribution in [0.15, 0.2) is 83.0 Å². The lowest BCUT2D eigenvalue weighted by molar-refractivity contribution is 0.0734. The maximum absolute atomic E-state index is 12.4. The van der Waals surface area contributed by atoms with E-state index in [-0.39, 0.29) is 0 Å². The number of nitrogens with zero attached hydrogens (tertiary/aromatic N) is 2. The molecule has 0 aliphatic rings. The number of rotatable bonds is 13. The van der Waals surface area contributed by atoms with Crippen LogP contribution < -0.4 is 14.2 Å². The first-order chi connectivity index (χ1) is 17.0. The fraction of sp³-hybridized carbons (Fsp3) is 0.345. The van der Waals surface area contributed by atoms with Gasteiger partial charge in [0.2, 0.25) is 0 Å². The van der Waals surface area contributed by atoms with Crippen molar-refractivity contribution in [3.63, 3.8) is 0 Å². The molecular formula is C29H34N2O4. The van der Waals surface area contributed by atoms with E-state index in [0.717, 1.165) is 23.6 Å². The van der Waals surface area contributed by atoms with Gasteiger partial charge in [-0.25, -0.2) is 4.79 Å². The fourth-order valence-corrected chi connectivity index (χ4v) is 3.14. The Balaban J connectivity index is 1.47. The van der Waals surface area contributed by atoms with E-state index >= 15 is 0 Å². The number of hydrogen-bond donors (Lipinski definition) is 0. The first-order valence-corrected chi connectivity index (χ1v) is 12.2. The molecule has 0 heterocycles. The lowest BCUT2D eigenvalue weighted by atomic mass is 10.2. The van der Waals surface area contributed by atoms with Crippen LogP contribution in [0.1, 0.15) is 56.8 Å². The second-order valence-corrected chi connectivity index (χ2v) is 8.72. The molecule has 3 rings (SSSR count). The number of carbonyl (C=O) groups excluding carboxylic acids is 1. The summed E-state index contributed by atoms with van der Waals surface area (Å²) in [5, 5.41) is 8.48. The van der Waals surface area contributed by atoms with Crippen LogP contribution in [-0.4, -0.2) is 19.2 Å². The Labute approximate surface area is 208 Å². The van der Waals surface area contributed by atoms with Gasteiger partial charge >= 0.3 is 5.97 Å². The van der Waals surface area contributed by atoms with E-state index in [1.807, 2.05) is 24.3 Å². The van der Waals surface area contributed by atoms with Gasteiger partial charge < -0.3 is 14.2 Å². The van der Waals surface area contributed by atoms with Gasteiger partial charge in [0, 0.05) is 0 Å². The van der Waals surface area contributed by atoms with Gasteiger partial charge in [0.25, 0.3) is 0 Å². The average molecular weight is 475 g/mol. The van der Waals surface area contributed by atoms with Crippen LogP contribution in [0.2, 0.25) is 0 Å². The zero-order valence-electron chi connectivity index (χ0n) is 20.8. The third-order valence-electron chi connectivity index (χ3n) is 5.10. The highest BCUT2D eigenvalue weighted by molar-refractivity contribution is 5.91. The second-order valence-electron chi connectivity index (χ2n) is 8.72. The van der Waals surface area contributed by atoms with Gasteiger partial charge in [0.05, 0.1) is 30.2 Å². The summed E-state index contributed by atoms with van der Waals surface area (Å²) in [6.45, 7) is 7.77. The van der Waals surface area contributed by atoms with Crippen molar-refractivity contribution < 1.29 is 19.0 Å². The molecule has 6 heteroatoms. The Bertz CT molecular complexity index is 1060. The van der Waals surface area contributed by atoms with Crippen LogP contribution in [0.25, 0.3) is 0 Å². The molecule has 0 saturated carbocycles. The number of unbranched alkanes of at least 4 members (excludes halogenated alkanes) is 3. The van der Waals surface area contributed by atoms with Gasteiger partial charge in [0.1, 0.15) is 17.2 Å². The minimum Gasteiger partial charge on any atom is -0.494 e. The summed E-state index contributed by atoms with van der Waals surface area (Å²) in [5.41, 5.74) is 1.85. The number of hydrogen-bond acceptors (Lipinski definition) is 6. The second kappa shape index (κ2) is 13.9. The van der Waals surface area contributed by atoms with Crippen LogP contribution >= 0.6 is 0 Å². The first kappa shape index (κ1) is 25.9.